The maximum atomic E-state index is 12.4. The molecule has 5 heteroatoms. The van der Waals surface area contributed by atoms with Crippen molar-refractivity contribution in [1.29, 1.82) is 0 Å². The van der Waals surface area contributed by atoms with E-state index in [1.54, 1.807) is 12.1 Å². The Bertz CT molecular complexity index is 917. The van der Waals surface area contributed by atoms with Gasteiger partial charge in [-0.1, -0.05) is 78.3 Å². The monoisotopic (exact) mass is 419 g/mol. The molecule has 4 nitrogen and oxygen atoms in total. The van der Waals surface area contributed by atoms with Crippen LogP contribution in [-0.4, -0.2) is 48.4 Å². The van der Waals surface area contributed by atoms with Crippen molar-refractivity contribution in [1.82, 2.24) is 9.80 Å². The lowest BCUT2D eigenvalue weighted by molar-refractivity contribution is -0.117. The molecule has 0 atom stereocenters. The Kier molecular flexibility index (Phi) is 6.80. The number of halogens is 1. The molecule has 0 saturated carbocycles. The largest absolute Gasteiger partial charge is 0.325 e. The van der Waals surface area contributed by atoms with Crippen molar-refractivity contribution in [2.24, 2.45) is 0 Å². The Balaban J connectivity index is 1.38. The summed E-state index contributed by atoms with van der Waals surface area (Å²) in [5.74, 6) is -0.00612. The molecule has 30 heavy (non-hydrogen) atoms. The number of rotatable bonds is 6. The standard InChI is InChI=1S/C25H26ClN3O/c26-22-12-7-13-23(18-22)27-24(30)19-28-14-16-29(17-15-28)25(20-8-3-1-4-9-20)21-10-5-2-6-11-21/h1-13,18,25H,14-17,19H2,(H,27,30). The van der Waals surface area contributed by atoms with E-state index in [0.29, 0.717) is 11.6 Å². The zero-order valence-electron chi connectivity index (χ0n) is 16.9. The number of carbonyl (C=O) groups is 1. The summed E-state index contributed by atoms with van der Waals surface area (Å²) in [4.78, 5) is 17.2. The van der Waals surface area contributed by atoms with Crippen LogP contribution < -0.4 is 5.32 Å². The van der Waals surface area contributed by atoms with Crippen LogP contribution in [0, 0.1) is 0 Å². The first-order valence-electron chi connectivity index (χ1n) is 10.3. The van der Waals surface area contributed by atoms with Crippen LogP contribution in [-0.2, 0) is 4.79 Å². The predicted molar refractivity (Wildman–Crippen MR) is 123 cm³/mol. The number of amides is 1. The van der Waals surface area contributed by atoms with Crippen molar-refractivity contribution < 1.29 is 4.79 Å². The summed E-state index contributed by atoms with van der Waals surface area (Å²) in [7, 11) is 0. The quantitative estimate of drug-likeness (QED) is 0.629. The molecule has 0 aliphatic carbocycles. The molecule has 1 saturated heterocycles. The number of nitrogens with zero attached hydrogens (tertiary/aromatic N) is 2. The topological polar surface area (TPSA) is 35.6 Å². The Morgan fingerprint density at radius 1 is 0.833 bits per heavy atom. The molecule has 1 fully saturated rings. The first-order valence-corrected chi connectivity index (χ1v) is 10.7. The van der Waals surface area contributed by atoms with Crippen LogP contribution in [0.25, 0.3) is 0 Å². The van der Waals surface area contributed by atoms with E-state index in [-0.39, 0.29) is 11.9 Å². The maximum absolute atomic E-state index is 12.4. The van der Waals surface area contributed by atoms with E-state index in [0.717, 1.165) is 31.9 Å². The third-order valence-corrected chi connectivity index (χ3v) is 5.71. The first kappa shape index (κ1) is 20.6. The van der Waals surface area contributed by atoms with E-state index >= 15 is 0 Å². The zero-order valence-corrected chi connectivity index (χ0v) is 17.6. The summed E-state index contributed by atoms with van der Waals surface area (Å²) in [6.07, 6.45) is 0. The summed E-state index contributed by atoms with van der Waals surface area (Å²) in [5, 5.41) is 3.56. The SMILES string of the molecule is O=C(CN1CCN(C(c2ccccc2)c2ccccc2)CC1)Nc1cccc(Cl)c1. The molecule has 4 rings (SSSR count). The molecule has 0 unspecified atom stereocenters. The van der Waals surface area contributed by atoms with Gasteiger partial charge in [-0.25, -0.2) is 0 Å². The average molecular weight is 420 g/mol. The summed E-state index contributed by atoms with van der Waals surface area (Å²) < 4.78 is 0. The van der Waals surface area contributed by atoms with E-state index in [1.165, 1.54) is 11.1 Å². The lowest BCUT2D eigenvalue weighted by atomic mass is 9.96. The number of piperazine rings is 1. The third kappa shape index (κ3) is 5.28. The molecule has 154 valence electrons. The fourth-order valence-electron chi connectivity index (χ4n) is 4.03. The molecular weight excluding hydrogens is 394 g/mol. The van der Waals surface area contributed by atoms with Gasteiger partial charge in [0.25, 0.3) is 0 Å². The van der Waals surface area contributed by atoms with E-state index in [4.69, 9.17) is 11.6 Å². The van der Waals surface area contributed by atoms with Crippen molar-refractivity contribution in [2.75, 3.05) is 38.0 Å². The molecule has 1 aliphatic rings. The molecular formula is C25H26ClN3O. The lowest BCUT2D eigenvalue weighted by Crippen LogP contribution is -2.49. The zero-order chi connectivity index (χ0) is 20.8. The minimum Gasteiger partial charge on any atom is -0.325 e. The van der Waals surface area contributed by atoms with Gasteiger partial charge >= 0.3 is 0 Å². The second-order valence-corrected chi connectivity index (χ2v) is 8.03. The number of nitrogens with one attached hydrogen (secondary N) is 1. The highest BCUT2D eigenvalue weighted by Gasteiger charge is 2.27. The summed E-state index contributed by atoms with van der Waals surface area (Å²) in [6.45, 7) is 3.94. The van der Waals surface area contributed by atoms with Gasteiger partial charge < -0.3 is 5.32 Å². The van der Waals surface area contributed by atoms with E-state index in [2.05, 4.69) is 75.8 Å². The van der Waals surface area contributed by atoms with Gasteiger partial charge in [0.2, 0.25) is 5.91 Å². The highest BCUT2D eigenvalue weighted by molar-refractivity contribution is 6.30. The van der Waals surface area contributed by atoms with Crippen LogP contribution in [0.5, 0.6) is 0 Å². The highest BCUT2D eigenvalue weighted by Crippen LogP contribution is 2.29. The molecule has 1 aliphatic heterocycles. The molecule has 1 heterocycles. The summed E-state index contributed by atoms with van der Waals surface area (Å²) >= 11 is 6.00. The second kappa shape index (κ2) is 9.90. The Morgan fingerprint density at radius 3 is 2.00 bits per heavy atom. The smallest absolute Gasteiger partial charge is 0.238 e. The van der Waals surface area contributed by atoms with Crippen molar-refractivity contribution in [2.45, 2.75) is 6.04 Å². The second-order valence-electron chi connectivity index (χ2n) is 7.59. The van der Waals surface area contributed by atoms with Gasteiger partial charge in [-0.05, 0) is 29.3 Å². The number of hydrogen-bond acceptors (Lipinski definition) is 3. The Morgan fingerprint density at radius 2 is 1.43 bits per heavy atom. The van der Waals surface area contributed by atoms with E-state index in [1.807, 2.05) is 12.1 Å². The fourth-order valence-corrected chi connectivity index (χ4v) is 4.22. The van der Waals surface area contributed by atoms with Crippen molar-refractivity contribution in [3.8, 4) is 0 Å². The van der Waals surface area contributed by atoms with Crippen LogP contribution in [0.3, 0.4) is 0 Å². The highest BCUT2D eigenvalue weighted by atomic mass is 35.5. The van der Waals surface area contributed by atoms with Gasteiger partial charge in [-0.3, -0.25) is 14.6 Å². The summed E-state index contributed by atoms with van der Waals surface area (Å²) in [6, 6.07) is 28.8. The maximum Gasteiger partial charge on any atom is 0.238 e. The molecule has 0 aromatic heterocycles. The van der Waals surface area contributed by atoms with Crippen LogP contribution in [0.4, 0.5) is 5.69 Å². The van der Waals surface area contributed by atoms with Gasteiger partial charge in [0.15, 0.2) is 0 Å². The van der Waals surface area contributed by atoms with Crippen LogP contribution in [0.1, 0.15) is 17.2 Å². The molecule has 0 bridgehead atoms. The number of carbonyl (C=O) groups excluding carboxylic acids is 1. The van der Waals surface area contributed by atoms with Gasteiger partial charge in [0.05, 0.1) is 12.6 Å². The Hall–Kier alpha value is -2.66. The number of hydrogen-bond donors (Lipinski definition) is 1. The van der Waals surface area contributed by atoms with Gasteiger partial charge in [-0.15, -0.1) is 0 Å². The minimum absolute atomic E-state index is 0.00612. The normalized spacial score (nSPS) is 15.3. The number of benzene rings is 3. The molecule has 1 N–H and O–H groups in total. The number of anilines is 1. The molecule has 3 aromatic rings. The van der Waals surface area contributed by atoms with Gasteiger partial charge in [0.1, 0.15) is 0 Å². The minimum atomic E-state index is -0.00612. The molecule has 3 aromatic carbocycles. The Labute approximate surface area is 183 Å². The summed E-state index contributed by atoms with van der Waals surface area (Å²) in [5.41, 5.74) is 3.34. The van der Waals surface area contributed by atoms with Gasteiger partial charge in [-0.2, -0.15) is 0 Å². The fraction of sp³-hybridized carbons (Fsp3) is 0.240. The van der Waals surface area contributed by atoms with E-state index < -0.39 is 0 Å². The van der Waals surface area contributed by atoms with Crippen LogP contribution in [0.15, 0.2) is 84.9 Å². The first-order chi connectivity index (χ1) is 14.7. The van der Waals surface area contributed by atoms with Crippen LogP contribution >= 0.6 is 11.6 Å². The molecule has 0 radical (unpaired) electrons. The third-order valence-electron chi connectivity index (χ3n) is 5.48. The van der Waals surface area contributed by atoms with Crippen molar-refractivity contribution >= 4 is 23.2 Å². The average Bonchev–Trinajstić information content (AvgIpc) is 2.77. The van der Waals surface area contributed by atoms with E-state index in [9.17, 15) is 4.79 Å². The van der Waals surface area contributed by atoms with Crippen molar-refractivity contribution in [3.05, 3.63) is 101 Å². The van der Waals surface area contributed by atoms with Gasteiger partial charge in [0, 0.05) is 36.9 Å². The molecule has 1 amide bonds. The van der Waals surface area contributed by atoms with Crippen molar-refractivity contribution in [3.63, 3.8) is 0 Å². The van der Waals surface area contributed by atoms with Crippen LogP contribution in [0.2, 0.25) is 5.02 Å². The molecule has 0 spiro atoms. The lowest BCUT2D eigenvalue weighted by Gasteiger charge is -2.39. The predicted octanol–water partition coefficient (Wildman–Crippen LogP) is 4.69.